The molecule has 0 saturated heterocycles. The van der Waals surface area contributed by atoms with Gasteiger partial charge in [0.25, 0.3) is 0 Å². The van der Waals surface area contributed by atoms with Crippen molar-refractivity contribution in [1.29, 1.82) is 0 Å². The summed E-state index contributed by atoms with van der Waals surface area (Å²) in [5, 5.41) is 3.11. The standard InChI is InChI=1S/C14H17IN4O/c1-8(2)12-11(15)14(16-3)19-13(18-12)9-6-5-7-10(17-9)20-4/h5-8H,1-4H3,(H,16,18,19). The molecule has 0 fully saturated rings. The first-order valence-electron chi connectivity index (χ1n) is 6.33. The van der Waals surface area contributed by atoms with E-state index in [4.69, 9.17) is 4.74 Å². The summed E-state index contributed by atoms with van der Waals surface area (Å²) in [5.74, 6) is 2.31. The van der Waals surface area contributed by atoms with Gasteiger partial charge in [-0.15, -0.1) is 0 Å². The largest absolute Gasteiger partial charge is 0.481 e. The molecular weight excluding hydrogens is 367 g/mol. The van der Waals surface area contributed by atoms with Crippen LogP contribution in [0.3, 0.4) is 0 Å². The summed E-state index contributed by atoms with van der Waals surface area (Å²) in [6.45, 7) is 4.24. The van der Waals surface area contributed by atoms with Gasteiger partial charge >= 0.3 is 0 Å². The van der Waals surface area contributed by atoms with E-state index in [1.807, 2.05) is 19.2 Å². The van der Waals surface area contributed by atoms with E-state index < -0.39 is 0 Å². The van der Waals surface area contributed by atoms with Crippen molar-refractivity contribution >= 4 is 28.4 Å². The number of aromatic nitrogens is 3. The first-order valence-corrected chi connectivity index (χ1v) is 7.41. The molecule has 0 aliphatic carbocycles. The van der Waals surface area contributed by atoms with Crippen molar-refractivity contribution in [3.05, 3.63) is 27.5 Å². The van der Waals surface area contributed by atoms with Crippen LogP contribution in [0, 0.1) is 3.57 Å². The molecule has 5 nitrogen and oxygen atoms in total. The summed E-state index contributed by atoms with van der Waals surface area (Å²) in [5.41, 5.74) is 1.73. The Balaban J connectivity index is 2.58. The highest BCUT2D eigenvalue weighted by molar-refractivity contribution is 14.1. The Morgan fingerprint density at radius 3 is 2.55 bits per heavy atom. The van der Waals surface area contributed by atoms with Gasteiger partial charge in [0.2, 0.25) is 5.88 Å². The van der Waals surface area contributed by atoms with Crippen LogP contribution in [0.2, 0.25) is 0 Å². The molecule has 0 aromatic carbocycles. The fourth-order valence-electron chi connectivity index (χ4n) is 1.78. The Labute approximate surface area is 132 Å². The number of halogens is 1. The van der Waals surface area contributed by atoms with Gasteiger partial charge in [-0.2, -0.15) is 0 Å². The highest BCUT2D eigenvalue weighted by Crippen LogP contribution is 2.27. The third-order valence-electron chi connectivity index (χ3n) is 2.82. The average Bonchev–Trinajstić information content (AvgIpc) is 2.47. The van der Waals surface area contributed by atoms with Crippen molar-refractivity contribution in [3.63, 3.8) is 0 Å². The van der Waals surface area contributed by atoms with Gasteiger partial charge in [0.1, 0.15) is 11.5 Å². The molecule has 0 atom stereocenters. The zero-order valence-electron chi connectivity index (χ0n) is 11.9. The van der Waals surface area contributed by atoms with Crippen LogP contribution in [-0.2, 0) is 0 Å². The summed E-state index contributed by atoms with van der Waals surface area (Å²) in [7, 11) is 3.46. The van der Waals surface area contributed by atoms with Gasteiger partial charge in [0.15, 0.2) is 5.82 Å². The molecule has 0 spiro atoms. The highest BCUT2D eigenvalue weighted by Gasteiger charge is 2.16. The van der Waals surface area contributed by atoms with Gasteiger partial charge in [-0.3, -0.25) is 0 Å². The number of pyridine rings is 1. The van der Waals surface area contributed by atoms with E-state index in [1.54, 1.807) is 13.2 Å². The summed E-state index contributed by atoms with van der Waals surface area (Å²) < 4.78 is 6.20. The number of methoxy groups -OCH3 is 1. The molecule has 2 aromatic heterocycles. The van der Waals surface area contributed by atoms with Crippen LogP contribution in [-0.4, -0.2) is 29.1 Å². The summed E-state index contributed by atoms with van der Waals surface area (Å²) in [6.07, 6.45) is 0. The Kier molecular flexibility index (Phi) is 4.74. The molecule has 0 aliphatic rings. The predicted molar refractivity (Wildman–Crippen MR) is 88.2 cm³/mol. The molecular formula is C14H17IN4O. The van der Waals surface area contributed by atoms with E-state index in [0.29, 0.717) is 23.3 Å². The second kappa shape index (κ2) is 6.34. The van der Waals surface area contributed by atoms with Gasteiger partial charge in [-0.25, -0.2) is 15.0 Å². The second-order valence-electron chi connectivity index (χ2n) is 4.56. The van der Waals surface area contributed by atoms with E-state index in [2.05, 4.69) is 56.7 Å². The van der Waals surface area contributed by atoms with Gasteiger partial charge < -0.3 is 10.1 Å². The minimum Gasteiger partial charge on any atom is -0.481 e. The van der Waals surface area contributed by atoms with Crippen molar-refractivity contribution in [2.24, 2.45) is 0 Å². The maximum atomic E-state index is 5.15. The average molecular weight is 384 g/mol. The Hall–Kier alpha value is -1.44. The molecule has 0 unspecified atom stereocenters. The van der Waals surface area contributed by atoms with E-state index in [-0.39, 0.29) is 0 Å². The van der Waals surface area contributed by atoms with E-state index in [1.165, 1.54) is 0 Å². The molecule has 2 rings (SSSR count). The normalized spacial score (nSPS) is 10.7. The van der Waals surface area contributed by atoms with E-state index in [9.17, 15) is 0 Å². The summed E-state index contributed by atoms with van der Waals surface area (Å²) >= 11 is 2.27. The van der Waals surface area contributed by atoms with Gasteiger partial charge in [-0.1, -0.05) is 19.9 Å². The number of hydrogen-bond acceptors (Lipinski definition) is 5. The van der Waals surface area contributed by atoms with Gasteiger partial charge in [0, 0.05) is 13.1 Å². The fourth-order valence-corrected chi connectivity index (χ4v) is 2.91. The maximum Gasteiger partial charge on any atom is 0.213 e. The zero-order chi connectivity index (χ0) is 14.7. The SMILES string of the molecule is CNc1nc(-c2cccc(OC)n2)nc(C(C)C)c1I. The molecule has 20 heavy (non-hydrogen) atoms. The molecule has 106 valence electrons. The summed E-state index contributed by atoms with van der Waals surface area (Å²) in [4.78, 5) is 13.6. The molecule has 0 bridgehead atoms. The van der Waals surface area contributed by atoms with Gasteiger partial charge in [0.05, 0.1) is 16.4 Å². The van der Waals surface area contributed by atoms with Gasteiger partial charge in [-0.05, 0) is 34.6 Å². The molecule has 2 aromatic rings. The Morgan fingerprint density at radius 1 is 1.20 bits per heavy atom. The molecule has 1 N–H and O–H groups in total. The first kappa shape index (κ1) is 15.0. The number of anilines is 1. The van der Waals surface area contributed by atoms with Crippen LogP contribution in [0.4, 0.5) is 5.82 Å². The summed E-state index contributed by atoms with van der Waals surface area (Å²) in [6, 6.07) is 5.57. The molecule has 0 saturated carbocycles. The first-order chi connectivity index (χ1) is 9.56. The van der Waals surface area contributed by atoms with E-state index >= 15 is 0 Å². The van der Waals surface area contributed by atoms with Crippen molar-refractivity contribution in [2.75, 3.05) is 19.5 Å². The van der Waals surface area contributed by atoms with Crippen LogP contribution in [0.25, 0.3) is 11.5 Å². The molecule has 0 amide bonds. The highest BCUT2D eigenvalue weighted by atomic mass is 127. The number of nitrogens with zero attached hydrogens (tertiary/aromatic N) is 3. The van der Waals surface area contributed by atoms with E-state index in [0.717, 1.165) is 15.1 Å². The third-order valence-corrected chi connectivity index (χ3v) is 3.89. The second-order valence-corrected chi connectivity index (χ2v) is 5.64. The van der Waals surface area contributed by atoms with Crippen molar-refractivity contribution in [1.82, 2.24) is 15.0 Å². The van der Waals surface area contributed by atoms with Crippen LogP contribution < -0.4 is 10.1 Å². The third kappa shape index (κ3) is 3.00. The monoisotopic (exact) mass is 384 g/mol. The van der Waals surface area contributed by atoms with Crippen molar-refractivity contribution in [2.45, 2.75) is 19.8 Å². The van der Waals surface area contributed by atoms with Crippen molar-refractivity contribution in [3.8, 4) is 17.4 Å². The fraction of sp³-hybridized carbons (Fsp3) is 0.357. The molecule has 0 radical (unpaired) electrons. The molecule has 6 heteroatoms. The number of nitrogens with one attached hydrogen (secondary N) is 1. The minimum atomic E-state index is 0.321. The van der Waals surface area contributed by atoms with Crippen molar-refractivity contribution < 1.29 is 4.74 Å². The quantitative estimate of drug-likeness (QED) is 0.820. The van der Waals surface area contributed by atoms with Crippen LogP contribution >= 0.6 is 22.6 Å². The predicted octanol–water partition coefficient (Wildman–Crippen LogP) is 3.32. The molecule has 0 aliphatic heterocycles. The topological polar surface area (TPSA) is 59.9 Å². The minimum absolute atomic E-state index is 0.321. The molecule has 2 heterocycles. The Bertz CT molecular complexity index is 616. The maximum absolute atomic E-state index is 5.15. The lowest BCUT2D eigenvalue weighted by molar-refractivity contribution is 0.398. The number of rotatable bonds is 4. The smallest absolute Gasteiger partial charge is 0.213 e. The lowest BCUT2D eigenvalue weighted by Crippen LogP contribution is -2.07. The lowest BCUT2D eigenvalue weighted by Gasteiger charge is -2.13. The van der Waals surface area contributed by atoms with Crippen LogP contribution in [0.1, 0.15) is 25.5 Å². The van der Waals surface area contributed by atoms with Crippen LogP contribution in [0.15, 0.2) is 18.2 Å². The number of ether oxygens (including phenoxy) is 1. The zero-order valence-corrected chi connectivity index (χ0v) is 14.1. The van der Waals surface area contributed by atoms with Crippen LogP contribution in [0.5, 0.6) is 5.88 Å². The lowest BCUT2D eigenvalue weighted by atomic mass is 10.1. The number of hydrogen-bond donors (Lipinski definition) is 1. The Morgan fingerprint density at radius 2 is 1.95 bits per heavy atom.